The standard InChI is InChI=1S/C20H25N3O5/c1-3-26-15-6-8-16(9-7-15)27-14-20(24)23-12-4-5-17(13-23)28-19-11-10-18(25-2)21-22-19/h6-11,17H,3-5,12-14H2,1-2H3. The monoisotopic (exact) mass is 387 g/mol. The highest BCUT2D eigenvalue weighted by Gasteiger charge is 2.25. The molecule has 0 radical (unpaired) electrons. The number of nitrogens with zero attached hydrogens (tertiary/aromatic N) is 3. The van der Waals surface area contributed by atoms with Crippen molar-refractivity contribution in [3.8, 4) is 23.3 Å². The number of carbonyl (C=O) groups excluding carboxylic acids is 1. The van der Waals surface area contributed by atoms with Crippen LogP contribution in [0.15, 0.2) is 36.4 Å². The van der Waals surface area contributed by atoms with Crippen LogP contribution in [0.3, 0.4) is 0 Å². The summed E-state index contributed by atoms with van der Waals surface area (Å²) in [6.45, 7) is 3.72. The molecule has 1 amide bonds. The maximum Gasteiger partial charge on any atom is 0.260 e. The van der Waals surface area contributed by atoms with Gasteiger partial charge < -0.3 is 23.8 Å². The van der Waals surface area contributed by atoms with Crippen LogP contribution >= 0.6 is 0 Å². The molecule has 1 aromatic heterocycles. The molecule has 0 N–H and O–H groups in total. The van der Waals surface area contributed by atoms with Gasteiger partial charge in [-0.15, -0.1) is 10.2 Å². The van der Waals surface area contributed by atoms with Crippen molar-refractivity contribution in [3.05, 3.63) is 36.4 Å². The van der Waals surface area contributed by atoms with Crippen molar-refractivity contribution in [2.45, 2.75) is 25.9 Å². The van der Waals surface area contributed by atoms with Crippen molar-refractivity contribution < 1.29 is 23.7 Å². The van der Waals surface area contributed by atoms with E-state index in [-0.39, 0.29) is 18.6 Å². The van der Waals surface area contributed by atoms with Crippen LogP contribution in [-0.4, -0.2) is 60.5 Å². The van der Waals surface area contributed by atoms with E-state index in [0.29, 0.717) is 37.2 Å². The Hall–Kier alpha value is -3.03. The molecule has 0 saturated carbocycles. The van der Waals surface area contributed by atoms with Gasteiger partial charge in [-0.05, 0) is 44.0 Å². The molecule has 1 aliphatic heterocycles. The number of rotatable bonds is 8. The van der Waals surface area contributed by atoms with Crippen LogP contribution in [0.2, 0.25) is 0 Å². The Bertz CT molecular complexity index is 751. The first kappa shape index (κ1) is 19.7. The summed E-state index contributed by atoms with van der Waals surface area (Å²) in [6.07, 6.45) is 1.60. The third-order valence-electron chi connectivity index (χ3n) is 4.34. The highest BCUT2D eigenvalue weighted by molar-refractivity contribution is 5.77. The maximum atomic E-state index is 12.5. The Morgan fingerprint density at radius 2 is 1.75 bits per heavy atom. The lowest BCUT2D eigenvalue weighted by atomic mass is 10.1. The predicted molar refractivity (Wildman–Crippen MR) is 102 cm³/mol. The molecule has 1 atom stereocenters. The van der Waals surface area contributed by atoms with Gasteiger partial charge in [0.15, 0.2) is 6.61 Å². The van der Waals surface area contributed by atoms with E-state index in [2.05, 4.69) is 10.2 Å². The molecule has 8 heteroatoms. The Balaban J connectivity index is 1.48. The lowest BCUT2D eigenvalue weighted by Gasteiger charge is -2.32. The Labute approximate surface area is 164 Å². The molecule has 2 aromatic rings. The fraction of sp³-hybridized carbons (Fsp3) is 0.450. The third-order valence-corrected chi connectivity index (χ3v) is 4.34. The molecule has 0 spiro atoms. The highest BCUT2D eigenvalue weighted by atomic mass is 16.5. The minimum absolute atomic E-state index is 0.0109. The van der Waals surface area contributed by atoms with Crippen LogP contribution in [0.1, 0.15) is 19.8 Å². The predicted octanol–water partition coefficient (Wildman–Crippen LogP) is 2.33. The first-order valence-electron chi connectivity index (χ1n) is 9.35. The van der Waals surface area contributed by atoms with Crippen molar-refractivity contribution in [1.82, 2.24) is 15.1 Å². The number of benzene rings is 1. The van der Waals surface area contributed by atoms with Crippen LogP contribution in [0.25, 0.3) is 0 Å². The number of piperidine rings is 1. The maximum absolute atomic E-state index is 12.5. The van der Waals surface area contributed by atoms with Crippen molar-refractivity contribution in [3.63, 3.8) is 0 Å². The van der Waals surface area contributed by atoms with Crippen LogP contribution in [0.5, 0.6) is 23.3 Å². The van der Waals surface area contributed by atoms with E-state index in [1.54, 1.807) is 29.2 Å². The molecule has 3 rings (SSSR count). The molecule has 0 aliphatic carbocycles. The largest absolute Gasteiger partial charge is 0.494 e. The van der Waals surface area contributed by atoms with Crippen molar-refractivity contribution in [1.29, 1.82) is 0 Å². The molecule has 28 heavy (non-hydrogen) atoms. The topological polar surface area (TPSA) is 83.0 Å². The van der Waals surface area contributed by atoms with E-state index in [1.807, 2.05) is 19.1 Å². The summed E-state index contributed by atoms with van der Waals surface area (Å²) in [6, 6.07) is 10.6. The molecule has 8 nitrogen and oxygen atoms in total. The molecular formula is C20H25N3O5. The average Bonchev–Trinajstić information content (AvgIpc) is 2.74. The minimum Gasteiger partial charge on any atom is -0.494 e. The van der Waals surface area contributed by atoms with Gasteiger partial charge in [0.1, 0.15) is 17.6 Å². The first-order chi connectivity index (χ1) is 13.7. The number of methoxy groups -OCH3 is 1. The average molecular weight is 387 g/mol. The summed E-state index contributed by atoms with van der Waals surface area (Å²) < 4.78 is 21.8. The molecule has 2 heterocycles. The molecule has 1 aliphatic rings. The fourth-order valence-corrected chi connectivity index (χ4v) is 2.95. The van der Waals surface area contributed by atoms with E-state index >= 15 is 0 Å². The van der Waals surface area contributed by atoms with Crippen molar-refractivity contribution in [2.75, 3.05) is 33.4 Å². The number of hydrogen-bond acceptors (Lipinski definition) is 7. The normalized spacial score (nSPS) is 16.4. The van der Waals surface area contributed by atoms with E-state index < -0.39 is 0 Å². The molecule has 0 bridgehead atoms. The Kier molecular flexibility index (Phi) is 6.89. The van der Waals surface area contributed by atoms with Gasteiger partial charge in [0.25, 0.3) is 5.91 Å². The zero-order chi connectivity index (χ0) is 19.8. The third kappa shape index (κ3) is 5.48. The fourth-order valence-electron chi connectivity index (χ4n) is 2.95. The lowest BCUT2D eigenvalue weighted by molar-refractivity contribution is -0.136. The molecular weight excluding hydrogens is 362 g/mol. The highest BCUT2D eigenvalue weighted by Crippen LogP contribution is 2.19. The van der Waals surface area contributed by atoms with Gasteiger partial charge in [-0.25, -0.2) is 0 Å². The van der Waals surface area contributed by atoms with E-state index in [9.17, 15) is 4.79 Å². The summed E-state index contributed by atoms with van der Waals surface area (Å²) in [5.74, 6) is 2.20. The minimum atomic E-state index is -0.120. The van der Waals surface area contributed by atoms with Gasteiger partial charge >= 0.3 is 0 Å². The van der Waals surface area contributed by atoms with Crippen molar-refractivity contribution in [2.24, 2.45) is 0 Å². The smallest absolute Gasteiger partial charge is 0.260 e. The summed E-state index contributed by atoms with van der Waals surface area (Å²) in [4.78, 5) is 14.3. The van der Waals surface area contributed by atoms with E-state index in [1.165, 1.54) is 7.11 Å². The van der Waals surface area contributed by atoms with Gasteiger partial charge in [0, 0.05) is 18.7 Å². The molecule has 1 saturated heterocycles. The van der Waals surface area contributed by atoms with Crippen molar-refractivity contribution >= 4 is 5.91 Å². The first-order valence-corrected chi connectivity index (χ1v) is 9.35. The zero-order valence-corrected chi connectivity index (χ0v) is 16.2. The van der Waals surface area contributed by atoms with Gasteiger partial charge in [0.2, 0.25) is 11.8 Å². The zero-order valence-electron chi connectivity index (χ0n) is 16.2. The second-order valence-corrected chi connectivity index (χ2v) is 6.33. The van der Waals surface area contributed by atoms with Gasteiger partial charge in [-0.3, -0.25) is 4.79 Å². The Morgan fingerprint density at radius 1 is 1.07 bits per heavy atom. The SMILES string of the molecule is CCOc1ccc(OCC(=O)N2CCCC(Oc3ccc(OC)nn3)C2)cc1. The number of ether oxygens (including phenoxy) is 4. The van der Waals surface area contributed by atoms with E-state index in [0.717, 1.165) is 18.6 Å². The summed E-state index contributed by atoms with van der Waals surface area (Å²) >= 11 is 0. The lowest BCUT2D eigenvalue weighted by Crippen LogP contribution is -2.46. The second-order valence-electron chi connectivity index (χ2n) is 6.33. The van der Waals surface area contributed by atoms with Gasteiger partial charge in [-0.2, -0.15) is 0 Å². The Morgan fingerprint density at radius 3 is 2.39 bits per heavy atom. The van der Waals surface area contributed by atoms with Gasteiger partial charge in [-0.1, -0.05) is 0 Å². The number of hydrogen-bond donors (Lipinski definition) is 0. The van der Waals surface area contributed by atoms with Crippen LogP contribution in [0.4, 0.5) is 0 Å². The summed E-state index contributed by atoms with van der Waals surface area (Å²) in [7, 11) is 1.53. The number of amides is 1. The second kappa shape index (κ2) is 9.77. The van der Waals surface area contributed by atoms with Crippen LogP contribution < -0.4 is 18.9 Å². The molecule has 1 fully saturated rings. The summed E-state index contributed by atoms with van der Waals surface area (Å²) in [5, 5.41) is 7.87. The number of carbonyl (C=O) groups is 1. The summed E-state index contributed by atoms with van der Waals surface area (Å²) in [5.41, 5.74) is 0. The van der Waals surface area contributed by atoms with E-state index in [4.69, 9.17) is 18.9 Å². The van der Waals surface area contributed by atoms with Gasteiger partial charge in [0.05, 0.1) is 20.3 Å². The number of aromatic nitrogens is 2. The molecule has 150 valence electrons. The quantitative estimate of drug-likeness (QED) is 0.687. The van der Waals surface area contributed by atoms with Crippen LogP contribution in [0, 0.1) is 0 Å². The molecule has 1 unspecified atom stereocenters. The number of likely N-dealkylation sites (tertiary alicyclic amines) is 1. The molecule has 1 aromatic carbocycles. The van der Waals surface area contributed by atoms with Crippen LogP contribution in [-0.2, 0) is 4.79 Å².